The number of nitrogens with one attached hydrogen (secondary N) is 3. The highest BCUT2D eigenvalue weighted by molar-refractivity contribution is 7.59. The minimum Gasteiger partial charge on any atom is -0.331 e. The van der Waals surface area contributed by atoms with E-state index < -0.39 is 0 Å². The Balaban J connectivity index is 0.00000370. The van der Waals surface area contributed by atoms with Crippen LogP contribution in [0.1, 0.15) is 78.0 Å². The molecule has 1 fully saturated rings. The molecule has 0 saturated heterocycles. The highest BCUT2D eigenvalue weighted by atomic mass is 32.1. The Morgan fingerprint density at radius 3 is 2.30 bits per heavy atom. The van der Waals surface area contributed by atoms with Crippen LogP contribution in [0.15, 0.2) is 78.9 Å². The molecule has 0 aliphatic heterocycles. The predicted molar refractivity (Wildman–Crippen MR) is 161 cm³/mol. The van der Waals surface area contributed by atoms with Crippen molar-refractivity contribution in [1.82, 2.24) is 25.9 Å². The van der Waals surface area contributed by atoms with Crippen LogP contribution in [0.5, 0.6) is 0 Å². The molecule has 1 heterocycles. The monoisotopic (exact) mass is 557 g/mol. The topological polar surface area (TPSA) is 116 Å². The molecule has 1 unspecified atom stereocenters. The molecule has 3 amide bonds. The Bertz CT molecular complexity index is 1360. The Morgan fingerprint density at radius 1 is 0.950 bits per heavy atom. The minimum absolute atomic E-state index is 0. The molecular formula is C30H35N7O2S. The first-order valence-electron chi connectivity index (χ1n) is 13.4. The third-order valence-corrected chi connectivity index (χ3v) is 7.29. The van der Waals surface area contributed by atoms with Gasteiger partial charge in [0.1, 0.15) is 0 Å². The number of aromatic amines is 1. The quantitative estimate of drug-likeness (QED) is 0.242. The fourth-order valence-corrected chi connectivity index (χ4v) is 5.06. The number of amides is 3. The fraction of sp³-hybridized carbons (Fsp3) is 0.300. The van der Waals surface area contributed by atoms with Crippen molar-refractivity contribution in [3.8, 4) is 0 Å². The summed E-state index contributed by atoms with van der Waals surface area (Å²) in [6.07, 6.45) is 6.33. The highest BCUT2D eigenvalue weighted by Crippen LogP contribution is 2.33. The lowest BCUT2D eigenvalue weighted by atomic mass is 9.84. The lowest BCUT2D eigenvalue weighted by molar-refractivity contribution is 0.102. The molecule has 10 heteroatoms. The number of benzene rings is 3. The second-order valence-electron chi connectivity index (χ2n) is 9.98. The molecule has 1 aliphatic carbocycles. The number of H-pyrrole nitrogens is 1. The van der Waals surface area contributed by atoms with Crippen LogP contribution in [-0.4, -0.2) is 32.6 Å². The van der Waals surface area contributed by atoms with Gasteiger partial charge in [-0.05, 0) is 71.9 Å². The number of tetrazole rings is 1. The minimum atomic E-state index is -0.340. The van der Waals surface area contributed by atoms with Gasteiger partial charge in [-0.2, -0.15) is 18.7 Å². The van der Waals surface area contributed by atoms with Gasteiger partial charge in [-0.3, -0.25) is 15.0 Å². The van der Waals surface area contributed by atoms with Gasteiger partial charge in [-0.25, -0.2) is 4.79 Å². The smallest absolute Gasteiger partial charge is 0.322 e. The Hall–Kier alpha value is -4.18. The molecule has 0 bridgehead atoms. The first-order valence-corrected chi connectivity index (χ1v) is 13.4. The first kappa shape index (κ1) is 28.8. The summed E-state index contributed by atoms with van der Waals surface area (Å²) in [7, 11) is 0. The van der Waals surface area contributed by atoms with Crippen molar-refractivity contribution in [3.63, 3.8) is 0 Å². The van der Waals surface area contributed by atoms with Gasteiger partial charge in [-0.1, -0.05) is 79.0 Å². The summed E-state index contributed by atoms with van der Waals surface area (Å²) in [5, 5.41) is 19.0. The summed E-state index contributed by atoms with van der Waals surface area (Å²) in [6.45, 7) is 2.33. The van der Waals surface area contributed by atoms with E-state index in [0.29, 0.717) is 18.0 Å². The van der Waals surface area contributed by atoms with Crippen LogP contribution < -0.4 is 15.5 Å². The van der Waals surface area contributed by atoms with E-state index in [1.54, 1.807) is 17.0 Å². The average molecular weight is 558 g/mol. The summed E-state index contributed by atoms with van der Waals surface area (Å²) in [4.78, 5) is 27.8. The van der Waals surface area contributed by atoms with E-state index in [1.165, 1.54) is 37.7 Å². The average Bonchev–Trinajstić information content (AvgIpc) is 3.50. The zero-order valence-electron chi connectivity index (χ0n) is 22.5. The van der Waals surface area contributed by atoms with Gasteiger partial charge in [0, 0.05) is 11.3 Å². The molecule has 3 aromatic carbocycles. The van der Waals surface area contributed by atoms with Crippen molar-refractivity contribution in [2.45, 2.75) is 57.5 Å². The van der Waals surface area contributed by atoms with Gasteiger partial charge in [-0.15, -0.1) is 5.10 Å². The molecule has 3 N–H and O–H groups in total. The molecule has 1 saturated carbocycles. The van der Waals surface area contributed by atoms with E-state index in [2.05, 4.69) is 43.4 Å². The van der Waals surface area contributed by atoms with E-state index in [4.69, 9.17) is 0 Å². The maximum atomic E-state index is 13.6. The van der Waals surface area contributed by atoms with Crippen molar-refractivity contribution < 1.29 is 9.59 Å². The van der Waals surface area contributed by atoms with Gasteiger partial charge < -0.3 is 5.32 Å². The summed E-state index contributed by atoms with van der Waals surface area (Å²) < 4.78 is 0. The predicted octanol–water partition coefficient (Wildman–Crippen LogP) is 6.09. The zero-order chi connectivity index (χ0) is 27.0. The van der Waals surface area contributed by atoms with E-state index in [-0.39, 0.29) is 37.4 Å². The van der Waals surface area contributed by atoms with Crippen LogP contribution in [0.3, 0.4) is 0 Å². The third kappa shape index (κ3) is 7.26. The van der Waals surface area contributed by atoms with Gasteiger partial charge in [0.05, 0.1) is 12.6 Å². The van der Waals surface area contributed by atoms with E-state index in [0.717, 1.165) is 16.8 Å². The normalized spacial score (nSPS) is 14.0. The molecule has 5 rings (SSSR count). The molecule has 0 spiro atoms. The van der Waals surface area contributed by atoms with Gasteiger partial charge >= 0.3 is 6.03 Å². The summed E-state index contributed by atoms with van der Waals surface area (Å²) >= 11 is 0. The third-order valence-electron chi connectivity index (χ3n) is 7.29. The Labute approximate surface area is 241 Å². The Morgan fingerprint density at radius 2 is 1.65 bits per heavy atom. The lowest BCUT2D eigenvalue weighted by Crippen LogP contribution is -2.40. The van der Waals surface area contributed by atoms with Crippen molar-refractivity contribution in [1.29, 1.82) is 0 Å². The number of carbonyl (C=O) groups excluding carboxylic acids is 2. The summed E-state index contributed by atoms with van der Waals surface area (Å²) in [5.74, 6) is 0.364. The molecule has 4 aromatic rings. The number of hydrogen-bond donors (Lipinski definition) is 3. The second-order valence-corrected chi connectivity index (χ2v) is 9.98. The number of carbonyl (C=O) groups is 2. The van der Waals surface area contributed by atoms with Crippen molar-refractivity contribution in [2.24, 2.45) is 0 Å². The van der Waals surface area contributed by atoms with Crippen molar-refractivity contribution in [3.05, 3.63) is 101 Å². The SMILES string of the molecule is CC(NC(=O)N(Cc1ccc(C(=O)Nc2nn[nH]n2)cc1)c1ccc(C2CCCCC2)cc1)c1ccccc1.S. The number of urea groups is 1. The molecule has 9 nitrogen and oxygen atoms in total. The number of nitrogens with zero attached hydrogens (tertiary/aromatic N) is 4. The maximum absolute atomic E-state index is 13.6. The van der Waals surface area contributed by atoms with Crippen LogP contribution in [0, 0.1) is 0 Å². The number of hydrogen-bond acceptors (Lipinski definition) is 5. The molecule has 208 valence electrons. The number of anilines is 2. The molecule has 1 atom stereocenters. The molecule has 40 heavy (non-hydrogen) atoms. The largest absolute Gasteiger partial charge is 0.331 e. The fourth-order valence-electron chi connectivity index (χ4n) is 5.06. The van der Waals surface area contributed by atoms with E-state index in [9.17, 15) is 9.59 Å². The molecule has 1 aromatic heterocycles. The van der Waals surface area contributed by atoms with Crippen molar-refractivity contribution >= 4 is 37.1 Å². The zero-order valence-corrected chi connectivity index (χ0v) is 23.5. The summed E-state index contributed by atoms with van der Waals surface area (Å²) in [5.41, 5.74) is 4.55. The summed E-state index contributed by atoms with van der Waals surface area (Å²) in [6, 6.07) is 25.1. The van der Waals surface area contributed by atoms with Gasteiger partial charge in [0.2, 0.25) is 0 Å². The van der Waals surface area contributed by atoms with E-state index in [1.807, 2.05) is 61.5 Å². The number of aromatic nitrogens is 4. The van der Waals surface area contributed by atoms with Crippen LogP contribution in [0.2, 0.25) is 0 Å². The van der Waals surface area contributed by atoms with Crippen LogP contribution >= 0.6 is 13.5 Å². The standard InChI is InChI=1S/C30H33N7O2.H2S/c1-21(23-8-4-2-5-9-23)31-30(39)37(27-18-16-25(17-19-27)24-10-6-3-7-11-24)20-22-12-14-26(15-13-22)28(38)32-29-33-35-36-34-29;/h2,4-5,8-9,12-19,21,24H,3,6-7,10-11,20H2,1H3,(H,31,39)(H2,32,33,34,35,36,38);1H2. The van der Waals surface area contributed by atoms with E-state index >= 15 is 0 Å². The lowest BCUT2D eigenvalue weighted by Gasteiger charge is -2.27. The molecular weight excluding hydrogens is 522 g/mol. The van der Waals surface area contributed by atoms with Gasteiger partial charge in [0.25, 0.3) is 11.9 Å². The van der Waals surface area contributed by atoms with Crippen LogP contribution in [-0.2, 0) is 6.54 Å². The number of rotatable bonds is 8. The second kappa shape index (κ2) is 13.7. The van der Waals surface area contributed by atoms with Gasteiger partial charge in [0.15, 0.2) is 0 Å². The van der Waals surface area contributed by atoms with Crippen molar-refractivity contribution in [2.75, 3.05) is 10.2 Å². The Kier molecular flexibility index (Phi) is 9.91. The first-order chi connectivity index (χ1) is 19.1. The highest BCUT2D eigenvalue weighted by Gasteiger charge is 2.21. The molecule has 0 radical (unpaired) electrons. The maximum Gasteiger partial charge on any atom is 0.322 e. The molecule has 1 aliphatic rings. The van der Waals surface area contributed by atoms with Crippen LogP contribution in [0.25, 0.3) is 0 Å². The van der Waals surface area contributed by atoms with Crippen LogP contribution in [0.4, 0.5) is 16.4 Å².